The Kier molecular flexibility index (Phi) is 6.88. The average molecular weight is 400 g/mol. The van der Waals surface area contributed by atoms with Crippen molar-refractivity contribution in [1.29, 1.82) is 0 Å². The third-order valence-electron chi connectivity index (χ3n) is 7.15. The van der Waals surface area contributed by atoms with Gasteiger partial charge in [0.15, 0.2) is 11.6 Å². The SMILES string of the molecule is CC1CCN(c2ccc(N3CCC[C@@H](C(=O)NCC4CCCCC4)C3)nn2)CC1. The number of hydrogen-bond donors (Lipinski definition) is 1. The van der Waals surface area contributed by atoms with Crippen LogP contribution < -0.4 is 15.1 Å². The first-order valence-electron chi connectivity index (χ1n) is 11.8. The molecule has 6 heteroatoms. The second-order valence-corrected chi connectivity index (χ2v) is 9.45. The largest absolute Gasteiger partial charge is 0.356 e. The van der Waals surface area contributed by atoms with Gasteiger partial charge in [0.1, 0.15) is 0 Å². The molecular weight excluding hydrogens is 362 g/mol. The lowest BCUT2D eigenvalue weighted by molar-refractivity contribution is -0.125. The van der Waals surface area contributed by atoms with Gasteiger partial charge in [-0.2, -0.15) is 0 Å². The molecule has 0 unspecified atom stereocenters. The summed E-state index contributed by atoms with van der Waals surface area (Å²) in [5.41, 5.74) is 0. The highest BCUT2D eigenvalue weighted by molar-refractivity contribution is 5.79. The summed E-state index contributed by atoms with van der Waals surface area (Å²) in [7, 11) is 0. The van der Waals surface area contributed by atoms with E-state index in [0.29, 0.717) is 5.92 Å². The van der Waals surface area contributed by atoms with E-state index in [9.17, 15) is 4.79 Å². The van der Waals surface area contributed by atoms with Gasteiger partial charge in [0.25, 0.3) is 0 Å². The first-order valence-corrected chi connectivity index (χ1v) is 11.8. The van der Waals surface area contributed by atoms with E-state index in [0.717, 1.165) is 63.1 Å². The lowest BCUT2D eigenvalue weighted by Crippen LogP contribution is -2.44. The fraction of sp³-hybridized carbons (Fsp3) is 0.783. The Morgan fingerprint density at radius 3 is 2.31 bits per heavy atom. The molecule has 1 aliphatic carbocycles. The van der Waals surface area contributed by atoms with Crippen molar-refractivity contribution in [2.45, 2.75) is 64.7 Å². The highest BCUT2D eigenvalue weighted by Gasteiger charge is 2.27. The van der Waals surface area contributed by atoms with Gasteiger partial charge in [0, 0.05) is 32.7 Å². The number of amides is 1. The fourth-order valence-electron chi connectivity index (χ4n) is 5.07. The molecule has 1 aromatic rings. The van der Waals surface area contributed by atoms with Crippen LogP contribution in [0.1, 0.15) is 64.7 Å². The van der Waals surface area contributed by atoms with E-state index in [2.05, 4.69) is 44.4 Å². The lowest BCUT2D eigenvalue weighted by atomic mass is 9.89. The van der Waals surface area contributed by atoms with Crippen molar-refractivity contribution in [3.8, 4) is 0 Å². The first kappa shape index (κ1) is 20.4. The summed E-state index contributed by atoms with van der Waals surface area (Å²) in [4.78, 5) is 17.3. The van der Waals surface area contributed by atoms with E-state index < -0.39 is 0 Å². The number of nitrogens with zero attached hydrogens (tertiary/aromatic N) is 4. The molecule has 0 bridgehead atoms. The van der Waals surface area contributed by atoms with Gasteiger partial charge < -0.3 is 15.1 Å². The zero-order valence-electron chi connectivity index (χ0n) is 18.0. The number of rotatable bonds is 5. The number of carbonyl (C=O) groups excluding carboxylic acids is 1. The lowest BCUT2D eigenvalue weighted by Gasteiger charge is -2.34. The predicted octanol–water partition coefficient (Wildman–Crippen LogP) is 3.63. The van der Waals surface area contributed by atoms with E-state index in [1.807, 2.05) is 0 Å². The van der Waals surface area contributed by atoms with Gasteiger partial charge >= 0.3 is 0 Å². The molecule has 0 radical (unpaired) electrons. The molecule has 3 heterocycles. The highest BCUT2D eigenvalue weighted by atomic mass is 16.1. The summed E-state index contributed by atoms with van der Waals surface area (Å²) in [6, 6.07) is 4.19. The van der Waals surface area contributed by atoms with Gasteiger partial charge in [0.05, 0.1) is 5.92 Å². The van der Waals surface area contributed by atoms with Crippen molar-refractivity contribution in [3.63, 3.8) is 0 Å². The molecule has 1 atom stereocenters. The Bertz CT molecular complexity index is 650. The Hall–Kier alpha value is -1.85. The third-order valence-corrected chi connectivity index (χ3v) is 7.15. The summed E-state index contributed by atoms with van der Waals surface area (Å²) in [6.07, 6.45) is 11.0. The molecule has 1 N–H and O–H groups in total. The maximum Gasteiger partial charge on any atom is 0.224 e. The topological polar surface area (TPSA) is 61.4 Å². The Morgan fingerprint density at radius 1 is 0.931 bits per heavy atom. The zero-order valence-corrected chi connectivity index (χ0v) is 18.0. The van der Waals surface area contributed by atoms with Crippen LogP contribution in [0.15, 0.2) is 12.1 Å². The van der Waals surface area contributed by atoms with Crippen LogP contribution in [-0.4, -0.2) is 48.8 Å². The van der Waals surface area contributed by atoms with Crippen molar-refractivity contribution in [1.82, 2.24) is 15.5 Å². The number of anilines is 2. The molecule has 1 aromatic heterocycles. The van der Waals surface area contributed by atoms with E-state index in [1.165, 1.54) is 44.9 Å². The smallest absolute Gasteiger partial charge is 0.224 e. The zero-order chi connectivity index (χ0) is 20.1. The first-order chi connectivity index (χ1) is 14.2. The number of hydrogen-bond acceptors (Lipinski definition) is 5. The van der Waals surface area contributed by atoms with Gasteiger partial charge in [-0.15, -0.1) is 10.2 Å². The maximum absolute atomic E-state index is 12.7. The molecular formula is C23H37N5O. The van der Waals surface area contributed by atoms with Crippen LogP contribution >= 0.6 is 0 Å². The molecule has 160 valence electrons. The minimum absolute atomic E-state index is 0.0670. The molecule has 4 rings (SSSR count). The molecule has 2 aliphatic heterocycles. The average Bonchev–Trinajstić information content (AvgIpc) is 2.79. The molecule has 1 saturated carbocycles. The van der Waals surface area contributed by atoms with E-state index in [1.54, 1.807) is 0 Å². The summed E-state index contributed by atoms with van der Waals surface area (Å²) in [5, 5.41) is 12.3. The number of aromatic nitrogens is 2. The molecule has 2 saturated heterocycles. The van der Waals surface area contributed by atoms with Crippen LogP contribution in [-0.2, 0) is 4.79 Å². The Labute approximate surface area is 175 Å². The van der Waals surface area contributed by atoms with E-state index in [-0.39, 0.29) is 11.8 Å². The van der Waals surface area contributed by atoms with Crippen LogP contribution in [0.2, 0.25) is 0 Å². The molecule has 3 fully saturated rings. The number of nitrogens with one attached hydrogen (secondary N) is 1. The number of piperidine rings is 2. The standard InChI is InChI=1S/C23H37N5O/c1-18-11-14-27(15-12-18)21-9-10-22(26-25-21)28-13-5-8-20(17-28)23(29)24-16-19-6-3-2-4-7-19/h9-10,18-20H,2-8,11-17H2,1H3,(H,24,29)/t20-/m1/s1. The minimum atomic E-state index is 0.0670. The van der Waals surface area contributed by atoms with Crippen LogP contribution in [0.3, 0.4) is 0 Å². The predicted molar refractivity (Wildman–Crippen MR) is 117 cm³/mol. The van der Waals surface area contributed by atoms with Gasteiger partial charge in [0.2, 0.25) is 5.91 Å². The summed E-state index contributed by atoms with van der Waals surface area (Å²) in [5.74, 6) is 3.68. The van der Waals surface area contributed by atoms with Gasteiger partial charge in [-0.05, 0) is 62.5 Å². The molecule has 0 spiro atoms. The van der Waals surface area contributed by atoms with Crippen molar-refractivity contribution in [2.75, 3.05) is 42.5 Å². The highest BCUT2D eigenvalue weighted by Crippen LogP contribution is 2.26. The second-order valence-electron chi connectivity index (χ2n) is 9.45. The van der Waals surface area contributed by atoms with Crippen LogP contribution in [0.5, 0.6) is 0 Å². The number of carbonyl (C=O) groups is 1. The van der Waals surface area contributed by atoms with Gasteiger partial charge in [-0.3, -0.25) is 4.79 Å². The quantitative estimate of drug-likeness (QED) is 0.819. The van der Waals surface area contributed by atoms with Crippen LogP contribution in [0, 0.1) is 17.8 Å². The fourth-order valence-corrected chi connectivity index (χ4v) is 5.07. The Balaban J connectivity index is 1.29. The van der Waals surface area contributed by atoms with Crippen molar-refractivity contribution in [2.24, 2.45) is 17.8 Å². The van der Waals surface area contributed by atoms with E-state index in [4.69, 9.17) is 0 Å². The van der Waals surface area contributed by atoms with Crippen LogP contribution in [0.4, 0.5) is 11.6 Å². The maximum atomic E-state index is 12.7. The molecule has 1 amide bonds. The van der Waals surface area contributed by atoms with Crippen LogP contribution in [0.25, 0.3) is 0 Å². The summed E-state index contributed by atoms with van der Waals surface area (Å²) < 4.78 is 0. The normalized spacial score (nSPS) is 24.5. The molecule has 3 aliphatic rings. The second kappa shape index (κ2) is 9.77. The van der Waals surface area contributed by atoms with E-state index >= 15 is 0 Å². The third kappa shape index (κ3) is 5.40. The Morgan fingerprint density at radius 2 is 1.62 bits per heavy atom. The van der Waals surface area contributed by atoms with Crippen molar-refractivity contribution >= 4 is 17.5 Å². The monoisotopic (exact) mass is 399 g/mol. The molecule has 0 aromatic carbocycles. The minimum Gasteiger partial charge on any atom is -0.356 e. The van der Waals surface area contributed by atoms with Crippen molar-refractivity contribution < 1.29 is 4.79 Å². The summed E-state index contributed by atoms with van der Waals surface area (Å²) >= 11 is 0. The van der Waals surface area contributed by atoms with Gasteiger partial charge in [-0.25, -0.2) is 0 Å². The van der Waals surface area contributed by atoms with Gasteiger partial charge in [-0.1, -0.05) is 26.2 Å². The van der Waals surface area contributed by atoms with Crippen molar-refractivity contribution in [3.05, 3.63) is 12.1 Å². The molecule has 6 nitrogen and oxygen atoms in total. The summed E-state index contributed by atoms with van der Waals surface area (Å²) in [6.45, 7) is 7.04. The molecule has 29 heavy (non-hydrogen) atoms.